The number of halogens is 1. The number of phenols is 1. The average Bonchev–Trinajstić information content (AvgIpc) is 2.73. The summed E-state index contributed by atoms with van der Waals surface area (Å²) in [4.78, 5) is 16.5. The van der Waals surface area contributed by atoms with E-state index in [4.69, 9.17) is 9.47 Å². The summed E-state index contributed by atoms with van der Waals surface area (Å²) in [5, 5.41) is 9.31. The highest BCUT2D eigenvalue weighted by Crippen LogP contribution is 2.28. The smallest absolute Gasteiger partial charge is 0.336 e. The van der Waals surface area contributed by atoms with E-state index in [1.165, 1.54) is 13.2 Å². The van der Waals surface area contributed by atoms with Crippen molar-refractivity contribution in [1.29, 1.82) is 0 Å². The molecule has 0 spiro atoms. The van der Waals surface area contributed by atoms with Crippen LogP contribution in [0.15, 0.2) is 82.3 Å². The minimum absolute atomic E-state index is 0.186. The molecular formula is C23H18BrNO4. The molecule has 6 heteroatoms. The number of carbonyl (C=O) groups excluding carboxylic acids is 1. The van der Waals surface area contributed by atoms with Crippen LogP contribution in [0.5, 0.6) is 17.2 Å². The molecule has 0 fully saturated rings. The fraction of sp³-hybridized carbons (Fsp3) is 0.0435. The molecule has 0 aliphatic rings. The van der Waals surface area contributed by atoms with Gasteiger partial charge in [0.2, 0.25) is 0 Å². The summed E-state index contributed by atoms with van der Waals surface area (Å²) in [5.74, 6) is 0.424. The first-order valence-corrected chi connectivity index (χ1v) is 9.49. The van der Waals surface area contributed by atoms with Gasteiger partial charge in [-0.3, -0.25) is 4.99 Å². The predicted molar refractivity (Wildman–Crippen MR) is 117 cm³/mol. The fourth-order valence-corrected chi connectivity index (χ4v) is 2.68. The van der Waals surface area contributed by atoms with Crippen LogP contribution in [0.1, 0.15) is 11.1 Å². The van der Waals surface area contributed by atoms with E-state index in [0.29, 0.717) is 17.2 Å². The van der Waals surface area contributed by atoms with E-state index in [9.17, 15) is 9.90 Å². The van der Waals surface area contributed by atoms with Gasteiger partial charge in [0.15, 0.2) is 11.5 Å². The van der Waals surface area contributed by atoms with Crippen LogP contribution in [0.2, 0.25) is 0 Å². The second-order valence-electron chi connectivity index (χ2n) is 5.99. The third kappa shape index (κ3) is 6.05. The zero-order valence-electron chi connectivity index (χ0n) is 15.6. The molecule has 0 aromatic heterocycles. The maximum atomic E-state index is 12.1. The van der Waals surface area contributed by atoms with Crippen LogP contribution in [0.3, 0.4) is 0 Å². The van der Waals surface area contributed by atoms with Gasteiger partial charge in [-0.05, 0) is 71.8 Å². The number of phenolic OH excluding ortho intramolecular Hbond substituents is 1. The van der Waals surface area contributed by atoms with Crippen molar-refractivity contribution in [1.82, 2.24) is 0 Å². The van der Waals surface area contributed by atoms with E-state index in [2.05, 4.69) is 20.9 Å². The summed E-state index contributed by atoms with van der Waals surface area (Å²) in [6.07, 6.45) is 4.71. The van der Waals surface area contributed by atoms with Crippen molar-refractivity contribution in [2.45, 2.75) is 0 Å². The number of rotatable bonds is 6. The third-order valence-electron chi connectivity index (χ3n) is 3.89. The third-order valence-corrected chi connectivity index (χ3v) is 4.42. The number of hydrogen-bond acceptors (Lipinski definition) is 5. The molecule has 1 N–H and O–H groups in total. The number of aromatic hydroxyl groups is 1. The molecule has 0 amide bonds. The van der Waals surface area contributed by atoms with E-state index >= 15 is 0 Å². The highest BCUT2D eigenvalue weighted by Gasteiger charge is 2.08. The largest absolute Gasteiger partial charge is 0.508 e. The SMILES string of the molecule is COc1cc(C=Nc2ccc(O)cc2)ccc1OC(=O)C=Cc1ccc(Br)cc1. The minimum Gasteiger partial charge on any atom is -0.508 e. The summed E-state index contributed by atoms with van der Waals surface area (Å²) in [7, 11) is 1.51. The number of methoxy groups -OCH3 is 1. The zero-order valence-corrected chi connectivity index (χ0v) is 17.2. The first-order valence-electron chi connectivity index (χ1n) is 8.70. The molecule has 0 unspecified atom stereocenters. The Morgan fingerprint density at radius 1 is 0.966 bits per heavy atom. The second-order valence-corrected chi connectivity index (χ2v) is 6.91. The van der Waals surface area contributed by atoms with Gasteiger partial charge in [0, 0.05) is 16.8 Å². The van der Waals surface area contributed by atoms with Gasteiger partial charge in [0.1, 0.15) is 5.75 Å². The van der Waals surface area contributed by atoms with Crippen LogP contribution < -0.4 is 9.47 Å². The van der Waals surface area contributed by atoms with E-state index in [1.807, 2.05) is 24.3 Å². The Bertz CT molecular complexity index is 1040. The van der Waals surface area contributed by atoms with Gasteiger partial charge >= 0.3 is 5.97 Å². The fourth-order valence-electron chi connectivity index (χ4n) is 2.42. The van der Waals surface area contributed by atoms with Crippen LogP contribution in [-0.2, 0) is 4.79 Å². The molecule has 5 nitrogen and oxygen atoms in total. The number of benzene rings is 3. The lowest BCUT2D eigenvalue weighted by atomic mass is 10.2. The molecular weight excluding hydrogens is 434 g/mol. The molecule has 3 aromatic rings. The molecule has 0 saturated carbocycles. The summed E-state index contributed by atoms with van der Waals surface area (Å²) >= 11 is 3.37. The van der Waals surface area contributed by atoms with Crippen LogP contribution >= 0.6 is 15.9 Å². The molecule has 0 aliphatic heterocycles. The molecule has 0 atom stereocenters. The average molecular weight is 452 g/mol. The van der Waals surface area contributed by atoms with Crippen molar-refractivity contribution in [3.63, 3.8) is 0 Å². The maximum absolute atomic E-state index is 12.1. The van der Waals surface area contributed by atoms with Crippen LogP contribution in [-0.4, -0.2) is 24.4 Å². The lowest BCUT2D eigenvalue weighted by molar-refractivity contribution is -0.129. The first-order chi connectivity index (χ1) is 14.0. The van der Waals surface area contributed by atoms with Crippen molar-refractivity contribution in [2.24, 2.45) is 4.99 Å². The number of carbonyl (C=O) groups is 1. The Balaban J connectivity index is 1.68. The first kappa shape index (κ1) is 20.4. The van der Waals surface area contributed by atoms with E-state index < -0.39 is 5.97 Å². The Labute approximate surface area is 177 Å². The molecule has 0 aliphatic carbocycles. The summed E-state index contributed by atoms with van der Waals surface area (Å²) in [6, 6.07) is 19.3. The van der Waals surface area contributed by atoms with Gasteiger partial charge in [-0.15, -0.1) is 0 Å². The molecule has 3 aromatic carbocycles. The molecule has 0 saturated heterocycles. The topological polar surface area (TPSA) is 68.1 Å². The molecule has 0 radical (unpaired) electrons. The van der Waals surface area contributed by atoms with Gasteiger partial charge < -0.3 is 14.6 Å². The summed E-state index contributed by atoms with van der Waals surface area (Å²) < 4.78 is 11.7. The molecule has 0 bridgehead atoms. The maximum Gasteiger partial charge on any atom is 0.336 e. The van der Waals surface area contributed by atoms with Crippen LogP contribution in [0, 0.1) is 0 Å². The minimum atomic E-state index is -0.503. The Morgan fingerprint density at radius 2 is 1.66 bits per heavy atom. The van der Waals surface area contributed by atoms with Crippen molar-refractivity contribution in [3.8, 4) is 17.2 Å². The Hall–Kier alpha value is -3.38. The van der Waals surface area contributed by atoms with Crippen molar-refractivity contribution in [3.05, 3.63) is 88.4 Å². The van der Waals surface area contributed by atoms with Crippen molar-refractivity contribution in [2.75, 3.05) is 7.11 Å². The number of aliphatic imine (C=N–C) groups is 1. The highest BCUT2D eigenvalue weighted by atomic mass is 79.9. The zero-order chi connectivity index (χ0) is 20.6. The molecule has 3 rings (SSSR count). The highest BCUT2D eigenvalue weighted by molar-refractivity contribution is 9.10. The normalized spacial score (nSPS) is 11.1. The lowest BCUT2D eigenvalue weighted by Crippen LogP contribution is -2.05. The van der Waals surface area contributed by atoms with Crippen LogP contribution in [0.4, 0.5) is 5.69 Å². The quantitative estimate of drug-likeness (QED) is 0.231. The molecule has 146 valence electrons. The van der Waals surface area contributed by atoms with Crippen molar-refractivity contribution < 1.29 is 19.4 Å². The van der Waals surface area contributed by atoms with Gasteiger partial charge in [-0.25, -0.2) is 4.79 Å². The van der Waals surface area contributed by atoms with Gasteiger partial charge in [0.05, 0.1) is 12.8 Å². The molecule has 29 heavy (non-hydrogen) atoms. The Kier molecular flexibility index (Phi) is 6.81. The molecule has 0 heterocycles. The number of nitrogens with zero attached hydrogens (tertiary/aromatic N) is 1. The van der Waals surface area contributed by atoms with Crippen LogP contribution in [0.25, 0.3) is 6.08 Å². The van der Waals surface area contributed by atoms with E-state index in [0.717, 1.165) is 15.6 Å². The number of esters is 1. The van der Waals surface area contributed by atoms with Gasteiger partial charge in [0.25, 0.3) is 0 Å². The van der Waals surface area contributed by atoms with Crippen molar-refractivity contribution >= 4 is 39.9 Å². The second kappa shape index (κ2) is 9.71. The monoisotopic (exact) mass is 451 g/mol. The predicted octanol–water partition coefficient (Wildman–Crippen LogP) is 5.53. The summed E-state index contributed by atoms with van der Waals surface area (Å²) in [6.45, 7) is 0. The number of ether oxygens (including phenoxy) is 2. The lowest BCUT2D eigenvalue weighted by Gasteiger charge is -2.08. The van der Waals surface area contributed by atoms with Gasteiger partial charge in [-0.1, -0.05) is 28.1 Å². The Morgan fingerprint density at radius 3 is 2.34 bits per heavy atom. The van der Waals surface area contributed by atoms with E-state index in [-0.39, 0.29) is 5.75 Å². The standard InChI is InChI=1S/C23H18BrNO4/c1-28-22-14-17(15-25-19-8-10-20(26)11-9-19)4-12-21(22)29-23(27)13-5-16-2-6-18(24)7-3-16/h2-15,26H,1H3. The summed E-state index contributed by atoms with van der Waals surface area (Å²) in [5.41, 5.74) is 2.37. The van der Waals surface area contributed by atoms with Gasteiger partial charge in [-0.2, -0.15) is 0 Å². The number of hydrogen-bond donors (Lipinski definition) is 1. The van der Waals surface area contributed by atoms with E-state index in [1.54, 1.807) is 54.8 Å².